The minimum atomic E-state index is -0.670. The average molecular weight is 185 g/mol. The third-order valence-electron chi connectivity index (χ3n) is 2.92. The second kappa shape index (κ2) is 3.64. The third-order valence-corrected chi connectivity index (χ3v) is 2.92. The molecule has 2 aliphatic heterocycles. The van der Waals surface area contributed by atoms with Gasteiger partial charge in [0.25, 0.3) is 0 Å². The van der Waals surface area contributed by atoms with Crippen LogP contribution in [0.15, 0.2) is 0 Å². The summed E-state index contributed by atoms with van der Waals surface area (Å²) < 4.78 is 5.11. The van der Waals surface area contributed by atoms with Gasteiger partial charge in [0.2, 0.25) is 0 Å². The molecule has 4 nitrogen and oxygen atoms in total. The summed E-state index contributed by atoms with van der Waals surface area (Å²) in [4.78, 5) is 12.8. The fraction of sp³-hybridized carbons (Fsp3) is 0.889. The lowest BCUT2D eigenvalue weighted by Crippen LogP contribution is -2.47. The maximum Gasteiger partial charge on any atom is 0.303 e. The van der Waals surface area contributed by atoms with Crippen LogP contribution < -0.4 is 0 Å². The summed E-state index contributed by atoms with van der Waals surface area (Å²) in [5, 5.41) is 8.63. The van der Waals surface area contributed by atoms with E-state index in [4.69, 9.17) is 9.84 Å². The summed E-state index contributed by atoms with van der Waals surface area (Å²) in [5.41, 5.74) is 0. The van der Waals surface area contributed by atoms with E-state index in [1.807, 2.05) is 0 Å². The van der Waals surface area contributed by atoms with Gasteiger partial charge < -0.3 is 9.84 Å². The van der Waals surface area contributed by atoms with Crippen molar-refractivity contribution in [2.24, 2.45) is 5.92 Å². The molecule has 2 aliphatic rings. The molecule has 0 saturated carbocycles. The van der Waals surface area contributed by atoms with E-state index in [0.717, 1.165) is 32.7 Å². The molecule has 2 fully saturated rings. The van der Waals surface area contributed by atoms with Gasteiger partial charge in [-0.3, -0.25) is 9.69 Å². The molecule has 4 heteroatoms. The molecule has 2 saturated heterocycles. The fourth-order valence-corrected chi connectivity index (χ4v) is 2.04. The van der Waals surface area contributed by atoms with E-state index in [1.165, 1.54) is 0 Å². The standard InChI is InChI=1S/C9H15NO3/c11-9(12)3-7-1-2-10(4-7)8-5-13-6-8/h7-8H,1-6H2,(H,11,12). The number of rotatable bonds is 3. The van der Waals surface area contributed by atoms with E-state index in [1.54, 1.807) is 0 Å². The summed E-state index contributed by atoms with van der Waals surface area (Å²) in [6, 6.07) is 0.568. The summed E-state index contributed by atoms with van der Waals surface area (Å²) >= 11 is 0. The van der Waals surface area contributed by atoms with Crippen molar-refractivity contribution in [2.45, 2.75) is 18.9 Å². The van der Waals surface area contributed by atoms with Crippen LogP contribution in [0.4, 0.5) is 0 Å². The lowest BCUT2D eigenvalue weighted by Gasteiger charge is -2.34. The number of likely N-dealkylation sites (tertiary alicyclic amines) is 1. The number of carbonyl (C=O) groups is 1. The minimum absolute atomic E-state index is 0.323. The van der Waals surface area contributed by atoms with Gasteiger partial charge >= 0.3 is 5.97 Å². The van der Waals surface area contributed by atoms with Gasteiger partial charge in [-0.2, -0.15) is 0 Å². The van der Waals surface area contributed by atoms with Crippen LogP contribution >= 0.6 is 0 Å². The second-order valence-corrected chi connectivity index (χ2v) is 3.94. The van der Waals surface area contributed by atoms with E-state index in [-0.39, 0.29) is 0 Å². The zero-order valence-electron chi connectivity index (χ0n) is 7.61. The van der Waals surface area contributed by atoms with Crippen molar-refractivity contribution in [1.29, 1.82) is 0 Å². The van der Waals surface area contributed by atoms with Crippen molar-refractivity contribution in [2.75, 3.05) is 26.3 Å². The number of aliphatic carboxylic acids is 1. The first kappa shape index (κ1) is 8.97. The number of carboxylic acids is 1. The van der Waals surface area contributed by atoms with Gasteiger partial charge in [0.1, 0.15) is 0 Å². The summed E-state index contributed by atoms with van der Waals surface area (Å²) in [6.07, 6.45) is 1.35. The van der Waals surface area contributed by atoms with Crippen molar-refractivity contribution >= 4 is 5.97 Å². The molecular formula is C9H15NO3. The maximum atomic E-state index is 10.5. The Hall–Kier alpha value is -0.610. The Morgan fingerprint density at radius 1 is 1.54 bits per heavy atom. The number of hydrogen-bond acceptors (Lipinski definition) is 3. The van der Waals surface area contributed by atoms with Crippen LogP contribution in [-0.4, -0.2) is 48.3 Å². The van der Waals surface area contributed by atoms with Crippen LogP contribution in [-0.2, 0) is 9.53 Å². The molecule has 1 unspecified atom stereocenters. The van der Waals surface area contributed by atoms with Crippen molar-refractivity contribution in [1.82, 2.24) is 4.90 Å². The number of ether oxygens (including phenoxy) is 1. The Labute approximate surface area is 77.5 Å². The molecule has 0 aliphatic carbocycles. The first-order valence-electron chi connectivity index (χ1n) is 4.79. The Morgan fingerprint density at radius 3 is 2.85 bits per heavy atom. The Bertz CT molecular complexity index is 203. The predicted molar refractivity (Wildman–Crippen MR) is 46.5 cm³/mol. The molecule has 13 heavy (non-hydrogen) atoms. The second-order valence-electron chi connectivity index (χ2n) is 3.94. The molecule has 0 bridgehead atoms. The van der Waals surface area contributed by atoms with Crippen LogP contribution in [0.2, 0.25) is 0 Å². The zero-order chi connectivity index (χ0) is 9.26. The largest absolute Gasteiger partial charge is 0.481 e. The van der Waals surface area contributed by atoms with Crippen molar-refractivity contribution in [3.63, 3.8) is 0 Å². The molecule has 1 N–H and O–H groups in total. The SMILES string of the molecule is O=C(O)CC1CCN(C2COC2)C1. The Morgan fingerprint density at radius 2 is 2.31 bits per heavy atom. The highest BCUT2D eigenvalue weighted by atomic mass is 16.5. The van der Waals surface area contributed by atoms with E-state index in [9.17, 15) is 4.79 Å². The number of carboxylic acid groups (broad SMARTS) is 1. The smallest absolute Gasteiger partial charge is 0.303 e. The van der Waals surface area contributed by atoms with Crippen LogP contribution in [0.5, 0.6) is 0 Å². The normalized spacial score (nSPS) is 30.3. The number of hydrogen-bond donors (Lipinski definition) is 1. The van der Waals surface area contributed by atoms with Crippen LogP contribution in [0, 0.1) is 5.92 Å². The van der Waals surface area contributed by atoms with Gasteiger partial charge in [-0.05, 0) is 18.9 Å². The van der Waals surface area contributed by atoms with Gasteiger partial charge in [-0.25, -0.2) is 0 Å². The molecule has 0 aromatic heterocycles. The Balaban J connectivity index is 1.76. The summed E-state index contributed by atoms with van der Waals surface area (Å²) in [7, 11) is 0. The lowest BCUT2D eigenvalue weighted by molar-refractivity contribution is -0.138. The molecule has 1 atom stereocenters. The molecule has 2 heterocycles. The van der Waals surface area contributed by atoms with Crippen LogP contribution in [0.3, 0.4) is 0 Å². The topological polar surface area (TPSA) is 49.8 Å². The van der Waals surface area contributed by atoms with E-state index in [0.29, 0.717) is 18.4 Å². The molecule has 0 aromatic rings. The monoisotopic (exact) mass is 185 g/mol. The maximum absolute atomic E-state index is 10.5. The van der Waals surface area contributed by atoms with Gasteiger partial charge in [-0.15, -0.1) is 0 Å². The number of nitrogens with zero attached hydrogens (tertiary/aromatic N) is 1. The van der Waals surface area contributed by atoms with Gasteiger partial charge in [-0.1, -0.05) is 0 Å². The molecule has 0 radical (unpaired) electrons. The average Bonchev–Trinajstić information content (AvgIpc) is 2.31. The van der Waals surface area contributed by atoms with Crippen molar-refractivity contribution in [3.8, 4) is 0 Å². The summed E-state index contributed by atoms with van der Waals surface area (Å²) in [5.74, 6) is -0.310. The van der Waals surface area contributed by atoms with Crippen LogP contribution in [0.1, 0.15) is 12.8 Å². The van der Waals surface area contributed by atoms with Gasteiger partial charge in [0, 0.05) is 13.0 Å². The van der Waals surface area contributed by atoms with E-state index >= 15 is 0 Å². The first-order chi connectivity index (χ1) is 6.25. The van der Waals surface area contributed by atoms with Gasteiger partial charge in [0.15, 0.2) is 0 Å². The van der Waals surface area contributed by atoms with Crippen molar-refractivity contribution < 1.29 is 14.6 Å². The van der Waals surface area contributed by atoms with Crippen LogP contribution in [0.25, 0.3) is 0 Å². The molecule has 74 valence electrons. The van der Waals surface area contributed by atoms with Gasteiger partial charge in [0.05, 0.1) is 19.3 Å². The highest BCUT2D eigenvalue weighted by Crippen LogP contribution is 2.23. The first-order valence-corrected chi connectivity index (χ1v) is 4.79. The lowest BCUT2D eigenvalue weighted by atomic mass is 10.1. The molecule has 2 rings (SSSR count). The predicted octanol–water partition coefficient (Wildman–Crippen LogP) is 0.182. The third kappa shape index (κ3) is 2.00. The molecular weight excluding hydrogens is 170 g/mol. The fourth-order valence-electron chi connectivity index (χ4n) is 2.04. The molecule has 0 spiro atoms. The van der Waals surface area contributed by atoms with E-state index in [2.05, 4.69) is 4.90 Å². The minimum Gasteiger partial charge on any atom is -0.481 e. The zero-order valence-corrected chi connectivity index (χ0v) is 7.61. The molecule has 0 amide bonds. The quantitative estimate of drug-likeness (QED) is 0.681. The highest BCUT2D eigenvalue weighted by molar-refractivity contribution is 5.67. The Kier molecular flexibility index (Phi) is 2.51. The van der Waals surface area contributed by atoms with Crippen molar-refractivity contribution in [3.05, 3.63) is 0 Å². The molecule has 0 aromatic carbocycles. The summed E-state index contributed by atoms with van der Waals surface area (Å²) in [6.45, 7) is 3.66. The van der Waals surface area contributed by atoms with E-state index < -0.39 is 5.97 Å². The highest BCUT2D eigenvalue weighted by Gasteiger charge is 2.32.